The van der Waals surface area contributed by atoms with Crippen molar-refractivity contribution in [2.24, 2.45) is 0 Å². The molecule has 0 fully saturated rings. The van der Waals surface area contributed by atoms with Crippen molar-refractivity contribution in [1.29, 1.82) is 0 Å². The van der Waals surface area contributed by atoms with Crippen LogP contribution in [0, 0.1) is 6.92 Å². The first-order chi connectivity index (χ1) is 15.6. The highest BCUT2D eigenvalue weighted by Gasteiger charge is 2.17. The number of nitrogens with one attached hydrogen (secondary N) is 1. The predicted molar refractivity (Wildman–Crippen MR) is 125 cm³/mol. The lowest BCUT2D eigenvalue weighted by molar-refractivity contribution is 0.102. The molecule has 0 saturated carbocycles. The first-order valence-electron chi connectivity index (χ1n) is 11.0. The van der Waals surface area contributed by atoms with Crippen molar-refractivity contribution in [3.8, 4) is 5.88 Å². The lowest BCUT2D eigenvalue weighted by Crippen LogP contribution is -2.28. The number of rotatable bonds is 11. The van der Waals surface area contributed by atoms with Gasteiger partial charge >= 0.3 is 0 Å². The average Bonchev–Trinajstić information content (AvgIpc) is 2.79. The standard InChI is InChI=1S/C24H30N6O2/c1-4-14-30(15-5-2)24-27-20(23(31)28-21-11-8-9-18(3)26-21)17-22(29-24)32-16-12-19-10-6-7-13-25-19/h6-11,13,17H,4-5,12,14-16H2,1-3H3,(H,26,28,31). The molecule has 0 atom stereocenters. The van der Waals surface area contributed by atoms with Crippen molar-refractivity contribution in [1.82, 2.24) is 19.9 Å². The van der Waals surface area contributed by atoms with Crippen molar-refractivity contribution in [2.45, 2.75) is 40.0 Å². The molecule has 1 N–H and O–H groups in total. The molecule has 32 heavy (non-hydrogen) atoms. The van der Waals surface area contributed by atoms with E-state index in [2.05, 4.69) is 44.0 Å². The van der Waals surface area contributed by atoms with Crippen LogP contribution in [0.1, 0.15) is 48.6 Å². The summed E-state index contributed by atoms with van der Waals surface area (Å²) >= 11 is 0. The van der Waals surface area contributed by atoms with Gasteiger partial charge in [-0.2, -0.15) is 4.98 Å². The molecule has 0 saturated heterocycles. The van der Waals surface area contributed by atoms with E-state index in [1.165, 1.54) is 0 Å². The van der Waals surface area contributed by atoms with E-state index in [1.54, 1.807) is 18.3 Å². The number of ether oxygens (including phenoxy) is 1. The third kappa shape index (κ3) is 6.73. The molecule has 3 aromatic rings. The molecule has 0 aliphatic heterocycles. The molecule has 8 nitrogen and oxygen atoms in total. The van der Waals surface area contributed by atoms with Gasteiger partial charge < -0.3 is 15.0 Å². The van der Waals surface area contributed by atoms with Crippen LogP contribution in [-0.4, -0.2) is 45.5 Å². The van der Waals surface area contributed by atoms with Gasteiger partial charge in [-0.25, -0.2) is 9.97 Å². The fraction of sp³-hybridized carbons (Fsp3) is 0.375. The predicted octanol–water partition coefficient (Wildman–Crippen LogP) is 4.08. The number of carbonyl (C=O) groups excluding carboxylic acids is 1. The minimum absolute atomic E-state index is 0.239. The monoisotopic (exact) mass is 434 g/mol. The van der Waals surface area contributed by atoms with Crippen molar-refractivity contribution in [3.63, 3.8) is 0 Å². The summed E-state index contributed by atoms with van der Waals surface area (Å²) in [6.45, 7) is 8.08. The van der Waals surface area contributed by atoms with E-state index in [0.29, 0.717) is 30.7 Å². The Morgan fingerprint density at radius 2 is 1.84 bits per heavy atom. The minimum Gasteiger partial charge on any atom is -0.477 e. The Morgan fingerprint density at radius 1 is 1.03 bits per heavy atom. The van der Waals surface area contributed by atoms with Gasteiger partial charge in [0.05, 0.1) is 6.61 Å². The molecular weight excluding hydrogens is 404 g/mol. The fourth-order valence-corrected chi connectivity index (χ4v) is 3.20. The summed E-state index contributed by atoms with van der Waals surface area (Å²) in [5.74, 6) is 0.984. The van der Waals surface area contributed by atoms with E-state index in [9.17, 15) is 4.79 Å². The Hall–Kier alpha value is -3.55. The number of hydrogen-bond donors (Lipinski definition) is 1. The highest BCUT2D eigenvalue weighted by Crippen LogP contribution is 2.18. The Balaban J connectivity index is 1.82. The molecule has 0 bridgehead atoms. The third-order valence-corrected chi connectivity index (χ3v) is 4.66. The van der Waals surface area contributed by atoms with Crippen molar-refractivity contribution in [2.75, 3.05) is 29.9 Å². The Labute approximate surface area is 189 Å². The number of aromatic nitrogens is 4. The van der Waals surface area contributed by atoms with Crippen LogP contribution in [0.25, 0.3) is 0 Å². The number of nitrogens with zero attached hydrogens (tertiary/aromatic N) is 5. The zero-order valence-electron chi connectivity index (χ0n) is 18.9. The molecule has 3 rings (SSSR count). The first-order valence-corrected chi connectivity index (χ1v) is 11.0. The van der Waals surface area contributed by atoms with Gasteiger partial charge in [-0.1, -0.05) is 26.0 Å². The molecule has 0 unspecified atom stereocenters. The number of pyridine rings is 2. The molecule has 1 amide bonds. The van der Waals surface area contributed by atoms with E-state index in [4.69, 9.17) is 4.74 Å². The second kappa shape index (κ2) is 11.7. The molecule has 0 aliphatic carbocycles. The Kier molecular flexibility index (Phi) is 8.48. The molecule has 0 radical (unpaired) electrons. The highest BCUT2D eigenvalue weighted by molar-refractivity contribution is 6.02. The van der Waals surface area contributed by atoms with Crippen molar-refractivity contribution in [3.05, 3.63) is 65.7 Å². The molecule has 3 heterocycles. The average molecular weight is 435 g/mol. The molecule has 0 spiro atoms. The quantitative estimate of drug-likeness (QED) is 0.486. The second-order valence-corrected chi connectivity index (χ2v) is 7.42. The number of amides is 1. The molecule has 8 heteroatoms. The summed E-state index contributed by atoms with van der Waals surface area (Å²) in [4.78, 5) is 32.8. The maximum absolute atomic E-state index is 12.9. The highest BCUT2D eigenvalue weighted by atomic mass is 16.5. The first kappa shape index (κ1) is 23.1. The number of carbonyl (C=O) groups is 1. The number of aryl methyl sites for hydroxylation is 1. The number of hydrogen-bond acceptors (Lipinski definition) is 7. The van der Waals surface area contributed by atoms with Gasteiger partial charge in [-0.05, 0) is 44.0 Å². The van der Waals surface area contributed by atoms with Gasteiger partial charge in [0.25, 0.3) is 5.91 Å². The molecule has 0 aliphatic rings. The van der Waals surface area contributed by atoms with Crippen molar-refractivity contribution < 1.29 is 9.53 Å². The van der Waals surface area contributed by atoms with E-state index in [1.807, 2.05) is 37.3 Å². The van der Waals surface area contributed by atoms with Gasteiger partial charge in [0.1, 0.15) is 11.5 Å². The van der Waals surface area contributed by atoms with E-state index in [-0.39, 0.29) is 11.6 Å². The fourth-order valence-electron chi connectivity index (χ4n) is 3.20. The summed E-state index contributed by atoms with van der Waals surface area (Å²) in [6, 6.07) is 12.8. The van der Waals surface area contributed by atoms with E-state index >= 15 is 0 Å². The van der Waals surface area contributed by atoms with E-state index in [0.717, 1.165) is 37.3 Å². The maximum atomic E-state index is 12.9. The van der Waals surface area contributed by atoms with E-state index < -0.39 is 0 Å². The number of anilines is 2. The smallest absolute Gasteiger partial charge is 0.275 e. The summed E-state index contributed by atoms with van der Waals surface area (Å²) in [7, 11) is 0. The van der Waals surface area contributed by atoms with Gasteiger partial charge in [-0.15, -0.1) is 0 Å². The normalized spacial score (nSPS) is 10.6. The zero-order chi connectivity index (χ0) is 22.8. The summed E-state index contributed by atoms with van der Waals surface area (Å²) in [5.41, 5.74) is 1.99. The van der Waals surface area contributed by atoms with Gasteiger partial charge in [-0.3, -0.25) is 9.78 Å². The van der Waals surface area contributed by atoms with Crippen LogP contribution in [0.5, 0.6) is 5.88 Å². The van der Waals surface area contributed by atoms with Gasteiger partial charge in [0, 0.05) is 43.2 Å². The topological polar surface area (TPSA) is 93.1 Å². The third-order valence-electron chi connectivity index (χ3n) is 4.66. The molecule has 168 valence electrons. The maximum Gasteiger partial charge on any atom is 0.275 e. The van der Waals surface area contributed by atoms with Crippen LogP contribution in [-0.2, 0) is 6.42 Å². The largest absolute Gasteiger partial charge is 0.477 e. The van der Waals surface area contributed by atoms with Crippen molar-refractivity contribution >= 4 is 17.7 Å². The zero-order valence-corrected chi connectivity index (χ0v) is 18.9. The van der Waals surface area contributed by atoms with Crippen LogP contribution in [0.4, 0.5) is 11.8 Å². The lowest BCUT2D eigenvalue weighted by atomic mass is 10.3. The summed E-state index contributed by atoms with van der Waals surface area (Å²) < 4.78 is 5.90. The molecule has 3 aromatic heterocycles. The van der Waals surface area contributed by atoms with Crippen LogP contribution in [0.15, 0.2) is 48.7 Å². The summed E-state index contributed by atoms with van der Waals surface area (Å²) in [6.07, 6.45) is 4.29. The van der Waals surface area contributed by atoms with Gasteiger partial charge in [0.2, 0.25) is 11.8 Å². The van der Waals surface area contributed by atoms with Crippen LogP contribution in [0.2, 0.25) is 0 Å². The Bertz CT molecular complexity index is 1010. The van der Waals surface area contributed by atoms with Crippen LogP contribution >= 0.6 is 0 Å². The van der Waals surface area contributed by atoms with Crippen LogP contribution < -0.4 is 15.0 Å². The second-order valence-electron chi connectivity index (χ2n) is 7.42. The lowest BCUT2D eigenvalue weighted by Gasteiger charge is -2.22. The SMILES string of the molecule is CCCN(CCC)c1nc(OCCc2ccccn2)cc(C(=O)Nc2cccc(C)n2)n1. The summed E-state index contributed by atoms with van der Waals surface area (Å²) in [5, 5.41) is 2.81. The van der Waals surface area contributed by atoms with Crippen LogP contribution in [0.3, 0.4) is 0 Å². The minimum atomic E-state index is -0.353. The van der Waals surface area contributed by atoms with Gasteiger partial charge in [0.15, 0.2) is 0 Å². The molecule has 0 aromatic carbocycles. The molecular formula is C24H30N6O2. The Morgan fingerprint density at radius 3 is 2.53 bits per heavy atom.